The van der Waals surface area contributed by atoms with Gasteiger partial charge in [0.1, 0.15) is 11.8 Å². The van der Waals surface area contributed by atoms with Gasteiger partial charge in [-0.3, -0.25) is 4.98 Å². The number of nitrogens with one attached hydrogen (secondary N) is 3. The van der Waals surface area contributed by atoms with Crippen LogP contribution in [-0.2, 0) is 0 Å². The lowest BCUT2D eigenvalue weighted by atomic mass is 10.0. The number of halogens is 4. The molecule has 0 unspecified atom stereocenters. The van der Waals surface area contributed by atoms with Crippen LogP contribution in [0.4, 0.5) is 17.1 Å². The third kappa shape index (κ3) is 4.90. The van der Waals surface area contributed by atoms with E-state index in [-0.39, 0.29) is 6.04 Å². The molecule has 36 heavy (non-hydrogen) atoms. The van der Waals surface area contributed by atoms with Crippen molar-refractivity contribution in [2.24, 2.45) is 0 Å². The highest BCUT2D eigenvalue weighted by Gasteiger charge is 2.19. The Balaban J connectivity index is 1.61. The van der Waals surface area contributed by atoms with Crippen LogP contribution in [0.3, 0.4) is 0 Å². The summed E-state index contributed by atoms with van der Waals surface area (Å²) in [6.07, 6.45) is 3.12. The summed E-state index contributed by atoms with van der Waals surface area (Å²) in [6.45, 7) is 0. The fraction of sp³-hybridized carbons (Fsp3) is 0.0400. The molecule has 0 aliphatic carbocycles. The molecule has 5 aromatic rings. The largest absolute Gasteiger partial charge is 0.373 e. The van der Waals surface area contributed by atoms with E-state index >= 15 is 0 Å². The Labute approximate surface area is 226 Å². The van der Waals surface area contributed by atoms with Crippen LogP contribution in [0.1, 0.15) is 22.9 Å². The number of aromatic nitrogens is 4. The van der Waals surface area contributed by atoms with Gasteiger partial charge in [0.05, 0.1) is 44.1 Å². The Morgan fingerprint density at radius 2 is 1.64 bits per heavy atom. The van der Waals surface area contributed by atoms with Crippen LogP contribution in [0, 0.1) is 11.3 Å². The van der Waals surface area contributed by atoms with Crippen LogP contribution in [-0.4, -0.2) is 20.4 Å². The molecule has 0 aliphatic heterocycles. The Morgan fingerprint density at radius 3 is 2.33 bits per heavy atom. The van der Waals surface area contributed by atoms with Gasteiger partial charge >= 0.3 is 0 Å². The van der Waals surface area contributed by atoms with Crippen LogP contribution in [0.2, 0.25) is 20.1 Å². The summed E-state index contributed by atoms with van der Waals surface area (Å²) in [5.74, 6) is 0. The van der Waals surface area contributed by atoms with Crippen molar-refractivity contribution >= 4 is 74.4 Å². The van der Waals surface area contributed by atoms with Crippen molar-refractivity contribution in [2.75, 3.05) is 10.6 Å². The minimum absolute atomic E-state index is 0.340. The summed E-state index contributed by atoms with van der Waals surface area (Å²) in [6, 6.07) is 18.0. The van der Waals surface area contributed by atoms with E-state index in [0.29, 0.717) is 59.3 Å². The van der Waals surface area contributed by atoms with Crippen LogP contribution in [0.25, 0.3) is 10.9 Å². The SMILES string of the molecule is N#Cc1cnc2c(Cl)cc(N[C@@H](c3ccc(Cl)cc3)c3cn[nH]n3)cc2c1Nc1ccc(Cl)c(Cl)c1. The number of aromatic amines is 1. The minimum atomic E-state index is -0.354. The maximum absolute atomic E-state index is 9.78. The second kappa shape index (κ2) is 10.2. The average Bonchev–Trinajstić information content (AvgIpc) is 3.40. The molecule has 2 heterocycles. The van der Waals surface area contributed by atoms with E-state index in [2.05, 4.69) is 37.1 Å². The van der Waals surface area contributed by atoms with Gasteiger partial charge in [-0.1, -0.05) is 58.5 Å². The zero-order chi connectivity index (χ0) is 25.2. The van der Waals surface area contributed by atoms with Gasteiger partial charge in [-0.2, -0.15) is 20.7 Å². The van der Waals surface area contributed by atoms with Crippen LogP contribution in [0.15, 0.2) is 67.0 Å². The van der Waals surface area contributed by atoms with E-state index in [9.17, 15) is 5.26 Å². The molecule has 0 saturated heterocycles. The van der Waals surface area contributed by atoms with Crippen molar-refractivity contribution in [1.82, 2.24) is 20.4 Å². The second-order valence-electron chi connectivity index (χ2n) is 7.79. The number of hydrogen-bond acceptors (Lipinski definition) is 6. The molecule has 3 aromatic carbocycles. The van der Waals surface area contributed by atoms with E-state index < -0.39 is 0 Å². The van der Waals surface area contributed by atoms with Gasteiger partial charge in [0.2, 0.25) is 0 Å². The zero-order valence-electron chi connectivity index (χ0n) is 18.2. The van der Waals surface area contributed by atoms with Crippen molar-refractivity contribution < 1.29 is 0 Å². The van der Waals surface area contributed by atoms with E-state index in [0.717, 1.165) is 5.56 Å². The van der Waals surface area contributed by atoms with Crippen molar-refractivity contribution in [2.45, 2.75) is 6.04 Å². The lowest BCUT2D eigenvalue weighted by Gasteiger charge is -2.20. The molecule has 0 bridgehead atoms. The molecule has 2 aromatic heterocycles. The third-order valence-corrected chi connectivity index (χ3v) is 6.76. The van der Waals surface area contributed by atoms with Gasteiger partial charge in [0.25, 0.3) is 0 Å². The predicted molar refractivity (Wildman–Crippen MR) is 145 cm³/mol. The number of rotatable bonds is 6. The summed E-state index contributed by atoms with van der Waals surface area (Å²) in [4.78, 5) is 4.41. The summed E-state index contributed by atoms with van der Waals surface area (Å²) in [5.41, 5.74) is 4.35. The number of anilines is 3. The van der Waals surface area contributed by atoms with Crippen molar-refractivity contribution in [3.8, 4) is 6.07 Å². The van der Waals surface area contributed by atoms with E-state index in [1.165, 1.54) is 6.20 Å². The molecule has 0 saturated carbocycles. The Bertz CT molecular complexity index is 1600. The summed E-state index contributed by atoms with van der Waals surface area (Å²) < 4.78 is 0. The normalized spacial score (nSPS) is 11.8. The smallest absolute Gasteiger partial charge is 0.109 e. The highest BCUT2D eigenvalue weighted by Crippen LogP contribution is 2.37. The number of fused-ring (bicyclic) bond motifs is 1. The molecule has 11 heteroatoms. The maximum atomic E-state index is 9.78. The van der Waals surface area contributed by atoms with Gasteiger partial charge in [-0.25, -0.2) is 0 Å². The number of nitriles is 1. The fourth-order valence-electron chi connectivity index (χ4n) is 3.78. The average molecular weight is 555 g/mol. The maximum Gasteiger partial charge on any atom is 0.109 e. The highest BCUT2D eigenvalue weighted by atomic mass is 35.5. The van der Waals surface area contributed by atoms with Crippen LogP contribution >= 0.6 is 46.4 Å². The summed E-state index contributed by atoms with van der Waals surface area (Å²) >= 11 is 25.0. The molecule has 0 fully saturated rings. The number of H-pyrrole nitrogens is 1. The Kier molecular flexibility index (Phi) is 6.86. The van der Waals surface area contributed by atoms with Gasteiger partial charge in [0, 0.05) is 28.0 Å². The van der Waals surface area contributed by atoms with Crippen molar-refractivity contribution in [3.05, 3.63) is 104 Å². The monoisotopic (exact) mass is 553 g/mol. The zero-order valence-corrected chi connectivity index (χ0v) is 21.3. The summed E-state index contributed by atoms with van der Waals surface area (Å²) in [5, 5.41) is 29.9. The second-order valence-corrected chi connectivity index (χ2v) is 9.45. The van der Waals surface area contributed by atoms with Gasteiger partial charge in [0.15, 0.2) is 0 Å². The van der Waals surface area contributed by atoms with Crippen LogP contribution in [0.5, 0.6) is 0 Å². The standard InChI is InChI=1S/C25H15Cl4N7/c26-15-3-1-13(2-4-15)24(22-12-32-36-35-22)34-17-7-18-23(33-16-5-6-19(27)20(28)8-16)14(10-30)11-31-25(18)21(29)9-17/h1-9,11-12,24,34H,(H,31,33)(H,32,35,36)/t24-/m0/s1. The molecular formula is C25H15Cl4N7. The fourth-order valence-corrected chi connectivity index (χ4v) is 4.47. The number of hydrogen-bond donors (Lipinski definition) is 3. The minimum Gasteiger partial charge on any atom is -0.373 e. The van der Waals surface area contributed by atoms with Gasteiger partial charge < -0.3 is 10.6 Å². The first-order valence-electron chi connectivity index (χ1n) is 10.5. The molecule has 3 N–H and O–H groups in total. The van der Waals surface area contributed by atoms with E-state index in [1.807, 2.05) is 18.2 Å². The van der Waals surface area contributed by atoms with Crippen molar-refractivity contribution in [3.63, 3.8) is 0 Å². The highest BCUT2D eigenvalue weighted by molar-refractivity contribution is 6.42. The molecule has 0 spiro atoms. The quantitative estimate of drug-likeness (QED) is 0.198. The molecule has 7 nitrogen and oxygen atoms in total. The number of nitrogens with zero attached hydrogens (tertiary/aromatic N) is 4. The topological polar surface area (TPSA) is 102 Å². The lowest BCUT2D eigenvalue weighted by molar-refractivity contribution is 0.852. The first-order chi connectivity index (χ1) is 17.4. The van der Waals surface area contributed by atoms with E-state index in [1.54, 1.807) is 42.6 Å². The molecule has 178 valence electrons. The first-order valence-corrected chi connectivity index (χ1v) is 12.1. The molecule has 0 aliphatic rings. The number of benzene rings is 3. The van der Waals surface area contributed by atoms with Gasteiger partial charge in [-0.15, -0.1) is 0 Å². The molecular weight excluding hydrogens is 540 g/mol. The number of pyridine rings is 1. The Hall–Kier alpha value is -3.54. The predicted octanol–water partition coefficient (Wildman–Crippen LogP) is 7.78. The van der Waals surface area contributed by atoms with E-state index in [4.69, 9.17) is 46.4 Å². The first kappa shape index (κ1) is 24.2. The molecule has 0 radical (unpaired) electrons. The summed E-state index contributed by atoms with van der Waals surface area (Å²) in [7, 11) is 0. The lowest BCUT2D eigenvalue weighted by Crippen LogP contribution is -2.13. The third-order valence-electron chi connectivity index (χ3n) is 5.48. The van der Waals surface area contributed by atoms with Gasteiger partial charge in [-0.05, 0) is 48.0 Å². The molecule has 0 amide bonds. The molecule has 5 rings (SSSR count). The van der Waals surface area contributed by atoms with Crippen molar-refractivity contribution in [1.29, 1.82) is 5.26 Å². The Morgan fingerprint density at radius 1 is 0.861 bits per heavy atom. The molecule has 1 atom stereocenters. The van der Waals surface area contributed by atoms with Crippen LogP contribution < -0.4 is 10.6 Å².